The van der Waals surface area contributed by atoms with Crippen LogP contribution in [0.3, 0.4) is 0 Å². The minimum absolute atomic E-state index is 0.0472. The first-order valence-electron chi connectivity index (χ1n) is 11.5. The second kappa shape index (κ2) is 9.53. The molecule has 0 bridgehead atoms. The Hall–Kier alpha value is -3.66. The average Bonchev–Trinajstić information content (AvgIpc) is 3.36. The number of nitrogens with zero attached hydrogens (tertiary/aromatic N) is 3. The third-order valence-corrected chi connectivity index (χ3v) is 7.00. The molecule has 0 aliphatic rings. The molecule has 0 unspecified atom stereocenters. The van der Waals surface area contributed by atoms with Crippen LogP contribution in [-0.4, -0.2) is 34.8 Å². The fourth-order valence-electron chi connectivity index (χ4n) is 3.93. The van der Waals surface area contributed by atoms with Gasteiger partial charge in [-0.3, -0.25) is 9.52 Å². The van der Waals surface area contributed by atoms with Gasteiger partial charge in [-0.25, -0.2) is 18.1 Å². The number of aryl methyl sites for hydroxylation is 2. The van der Waals surface area contributed by atoms with Gasteiger partial charge in [0.1, 0.15) is 11.5 Å². The van der Waals surface area contributed by atoms with Crippen LogP contribution >= 0.6 is 0 Å². The quantitative estimate of drug-likeness (QED) is 0.343. The number of fused-ring (bicyclic) bond motifs is 1. The van der Waals surface area contributed by atoms with E-state index in [9.17, 15) is 13.2 Å². The van der Waals surface area contributed by atoms with E-state index >= 15 is 0 Å². The Bertz CT molecular complexity index is 1480. The van der Waals surface area contributed by atoms with Crippen LogP contribution in [-0.2, 0) is 10.0 Å². The summed E-state index contributed by atoms with van der Waals surface area (Å²) >= 11 is 0. The summed E-state index contributed by atoms with van der Waals surface area (Å²) in [5.74, 6) is 1.21. The highest BCUT2D eigenvalue weighted by atomic mass is 32.2. The predicted octanol–water partition coefficient (Wildman–Crippen LogP) is 5.29. The van der Waals surface area contributed by atoms with Crippen LogP contribution < -0.4 is 10.0 Å². The number of carbonyl (C=O) groups is 1. The number of pyridine rings is 1. The predicted molar refractivity (Wildman–Crippen MR) is 137 cm³/mol. The molecule has 9 nitrogen and oxygen atoms in total. The molecule has 1 aromatic carbocycles. The monoisotopic (exact) mass is 495 g/mol. The van der Waals surface area contributed by atoms with Gasteiger partial charge in [0.05, 0.1) is 28.6 Å². The molecule has 3 heterocycles. The van der Waals surface area contributed by atoms with Gasteiger partial charge < -0.3 is 9.73 Å². The van der Waals surface area contributed by atoms with E-state index in [1.807, 2.05) is 33.8 Å². The molecule has 0 aliphatic heterocycles. The first-order chi connectivity index (χ1) is 16.6. The molecule has 10 heteroatoms. The Balaban J connectivity index is 1.68. The minimum Gasteiger partial charge on any atom is -0.466 e. The molecule has 0 spiro atoms. The molecule has 4 aromatic rings. The second-order valence-electron chi connectivity index (χ2n) is 8.75. The topological polar surface area (TPSA) is 119 Å². The van der Waals surface area contributed by atoms with Gasteiger partial charge in [0.2, 0.25) is 10.0 Å². The van der Waals surface area contributed by atoms with Gasteiger partial charge in [-0.1, -0.05) is 6.92 Å². The molecule has 0 radical (unpaired) electrons. The molecule has 0 atom stereocenters. The molecule has 4 rings (SSSR count). The third kappa shape index (κ3) is 5.22. The van der Waals surface area contributed by atoms with Crippen LogP contribution in [0, 0.1) is 13.8 Å². The molecular weight excluding hydrogens is 466 g/mol. The van der Waals surface area contributed by atoms with Crippen molar-refractivity contribution in [2.24, 2.45) is 0 Å². The van der Waals surface area contributed by atoms with E-state index in [2.05, 4.69) is 15.1 Å². The molecule has 35 heavy (non-hydrogen) atoms. The van der Waals surface area contributed by atoms with E-state index in [0.29, 0.717) is 40.1 Å². The first kappa shape index (κ1) is 24.5. The molecule has 2 N–H and O–H groups in total. The second-order valence-corrected chi connectivity index (χ2v) is 10.6. The lowest BCUT2D eigenvalue weighted by molar-refractivity contribution is 0.102. The molecule has 0 saturated carbocycles. The van der Waals surface area contributed by atoms with Crippen molar-refractivity contribution in [1.29, 1.82) is 0 Å². The number of anilines is 2. The molecule has 0 aliphatic carbocycles. The number of amides is 1. The average molecular weight is 496 g/mol. The molecule has 3 aromatic heterocycles. The maximum atomic E-state index is 13.4. The minimum atomic E-state index is -3.39. The lowest BCUT2D eigenvalue weighted by Gasteiger charge is -2.11. The number of hydrogen-bond acceptors (Lipinski definition) is 6. The van der Waals surface area contributed by atoms with Crippen molar-refractivity contribution >= 4 is 38.3 Å². The Kier molecular flexibility index (Phi) is 6.66. The lowest BCUT2D eigenvalue weighted by Crippen LogP contribution is -2.16. The standard InChI is InChI=1S/C25H29N5O4S/c1-6-11-35(32,33)29-19-9-7-18(8-10-19)27-25(31)21-13-23(20-12-16(4)34-17(20)5)28-24-22(21)14-26-30(24)15(2)3/h7-10,12-15,29H,6,11H2,1-5H3,(H,27,31). The highest BCUT2D eigenvalue weighted by Crippen LogP contribution is 2.30. The van der Waals surface area contributed by atoms with Crippen LogP contribution in [0.15, 0.2) is 47.0 Å². The van der Waals surface area contributed by atoms with Crippen LogP contribution in [0.4, 0.5) is 11.4 Å². The number of nitrogens with one attached hydrogen (secondary N) is 2. The van der Waals surface area contributed by atoms with Gasteiger partial charge in [-0.2, -0.15) is 5.10 Å². The van der Waals surface area contributed by atoms with E-state index < -0.39 is 10.0 Å². The summed E-state index contributed by atoms with van der Waals surface area (Å²) in [6.07, 6.45) is 2.18. The zero-order valence-electron chi connectivity index (χ0n) is 20.4. The van der Waals surface area contributed by atoms with Crippen molar-refractivity contribution in [3.63, 3.8) is 0 Å². The summed E-state index contributed by atoms with van der Waals surface area (Å²) in [4.78, 5) is 18.2. The van der Waals surface area contributed by atoms with Crippen molar-refractivity contribution in [2.45, 2.75) is 47.1 Å². The normalized spacial score (nSPS) is 11.8. The summed E-state index contributed by atoms with van der Waals surface area (Å²) in [7, 11) is -3.39. The summed E-state index contributed by atoms with van der Waals surface area (Å²) < 4.78 is 34.0. The zero-order chi connectivity index (χ0) is 25.3. The first-order valence-corrected chi connectivity index (χ1v) is 13.1. The maximum Gasteiger partial charge on any atom is 0.256 e. The molecule has 184 valence electrons. The van der Waals surface area contributed by atoms with Gasteiger partial charge in [0.15, 0.2) is 5.65 Å². The Labute approximate surface area is 204 Å². The lowest BCUT2D eigenvalue weighted by atomic mass is 10.1. The highest BCUT2D eigenvalue weighted by Gasteiger charge is 2.20. The van der Waals surface area contributed by atoms with E-state index in [1.165, 1.54) is 0 Å². The van der Waals surface area contributed by atoms with Crippen molar-refractivity contribution in [2.75, 3.05) is 15.8 Å². The van der Waals surface area contributed by atoms with Crippen LogP contribution in [0.25, 0.3) is 22.3 Å². The molecule has 0 fully saturated rings. The number of rotatable bonds is 8. The van der Waals surface area contributed by atoms with Gasteiger partial charge >= 0.3 is 0 Å². The van der Waals surface area contributed by atoms with Gasteiger partial charge in [0.25, 0.3) is 5.91 Å². The van der Waals surface area contributed by atoms with E-state index in [-0.39, 0.29) is 17.7 Å². The third-order valence-electron chi connectivity index (χ3n) is 5.51. The largest absolute Gasteiger partial charge is 0.466 e. The number of benzene rings is 1. The van der Waals surface area contributed by atoms with Crippen LogP contribution in [0.2, 0.25) is 0 Å². The number of aromatic nitrogens is 3. The molecule has 1 amide bonds. The highest BCUT2D eigenvalue weighted by molar-refractivity contribution is 7.92. The van der Waals surface area contributed by atoms with Crippen molar-refractivity contribution in [3.05, 3.63) is 59.7 Å². The van der Waals surface area contributed by atoms with Crippen molar-refractivity contribution in [3.8, 4) is 11.3 Å². The summed E-state index contributed by atoms with van der Waals surface area (Å²) in [6.45, 7) is 9.55. The van der Waals surface area contributed by atoms with Crippen LogP contribution in [0.1, 0.15) is 55.1 Å². The van der Waals surface area contributed by atoms with Crippen LogP contribution in [0.5, 0.6) is 0 Å². The van der Waals surface area contributed by atoms with Gasteiger partial charge in [-0.15, -0.1) is 0 Å². The SMILES string of the molecule is CCCS(=O)(=O)Nc1ccc(NC(=O)c2cc(-c3cc(C)oc3C)nc3c2cnn3C(C)C)cc1. The Morgan fingerprint density at radius 3 is 2.40 bits per heavy atom. The number of carbonyl (C=O) groups excluding carboxylic acids is 1. The van der Waals surface area contributed by atoms with Crippen molar-refractivity contribution in [1.82, 2.24) is 14.8 Å². The Morgan fingerprint density at radius 1 is 1.11 bits per heavy atom. The maximum absolute atomic E-state index is 13.4. The number of hydrogen-bond donors (Lipinski definition) is 2. The summed E-state index contributed by atoms with van der Waals surface area (Å²) in [6, 6.07) is 10.2. The van der Waals surface area contributed by atoms with E-state index in [4.69, 9.17) is 9.40 Å². The number of furan rings is 1. The Morgan fingerprint density at radius 2 is 1.80 bits per heavy atom. The molecule has 0 saturated heterocycles. The fourth-order valence-corrected chi connectivity index (χ4v) is 5.06. The van der Waals surface area contributed by atoms with Crippen molar-refractivity contribution < 1.29 is 17.6 Å². The summed E-state index contributed by atoms with van der Waals surface area (Å²) in [5, 5.41) is 7.99. The molecular formula is C25H29N5O4S. The van der Waals surface area contributed by atoms with E-state index in [0.717, 1.165) is 17.1 Å². The fraction of sp³-hybridized carbons (Fsp3) is 0.320. The summed E-state index contributed by atoms with van der Waals surface area (Å²) in [5.41, 5.74) is 3.46. The number of sulfonamides is 1. The zero-order valence-corrected chi connectivity index (χ0v) is 21.2. The van der Waals surface area contributed by atoms with E-state index in [1.54, 1.807) is 48.1 Å². The smallest absolute Gasteiger partial charge is 0.256 e. The van der Waals surface area contributed by atoms with Gasteiger partial charge in [0, 0.05) is 23.0 Å². The van der Waals surface area contributed by atoms with Gasteiger partial charge in [-0.05, 0) is 70.5 Å².